The normalized spacial score (nSPS) is 13.6. The van der Waals surface area contributed by atoms with Gasteiger partial charge in [-0.15, -0.1) is 11.3 Å². The van der Waals surface area contributed by atoms with Gasteiger partial charge in [-0.05, 0) is 44.4 Å². The van der Waals surface area contributed by atoms with E-state index in [9.17, 15) is 14.0 Å². The predicted octanol–water partition coefficient (Wildman–Crippen LogP) is 2.97. The molecule has 2 aromatic rings. The number of rotatable bonds is 5. The van der Waals surface area contributed by atoms with E-state index in [1.807, 2.05) is 0 Å². The minimum atomic E-state index is -0.364. The summed E-state index contributed by atoms with van der Waals surface area (Å²) in [4.78, 5) is 29.0. The zero-order valence-electron chi connectivity index (χ0n) is 13.5. The van der Waals surface area contributed by atoms with Crippen molar-refractivity contribution in [1.29, 1.82) is 0 Å². The number of aryl methyl sites for hydroxylation is 2. The fourth-order valence-electron chi connectivity index (χ4n) is 2.23. The Bertz CT molecular complexity index is 799. The number of benzene rings is 1. The highest BCUT2D eigenvalue weighted by atomic mass is 32.1. The average Bonchev–Trinajstić information content (AvgIpc) is 3.24. The lowest BCUT2D eigenvalue weighted by Crippen LogP contribution is -2.25. The maximum atomic E-state index is 13.5. The molecule has 126 valence electrons. The van der Waals surface area contributed by atoms with E-state index in [1.54, 1.807) is 26.0 Å². The number of halogens is 1. The first-order valence-corrected chi connectivity index (χ1v) is 8.57. The molecule has 5 nitrogen and oxygen atoms in total. The molecule has 0 atom stereocenters. The van der Waals surface area contributed by atoms with Crippen molar-refractivity contribution < 1.29 is 14.0 Å². The molecule has 1 fully saturated rings. The van der Waals surface area contributed by atoms with E-state index in [1.165, 1.54) is 17.4 Å². The third-order valence-corrected chi connectivity index (χ3v) is 4.88. The van der Waals surface area contributed by atoms with Crippen LogP contribution in [0.3, 0.4) is 0 Å². The summed E-state index contributed by atoms with van der Waals surface area (Å²) in [5.74, 6) is -0.780. The highest BCUT2D eigenvalue weighted by Gasteiger charge is 2.26. The van der Waals surface area contributed by atoms with Gasteiger partial charge in [0.05, 0.1) is 12.1 Å². The second kappa shape index (κ2) is 6.68. The van der Waals surface area contributed by atoms with Crippen molar-refractivity contribution in [2.24, 2.45) is 0 Å². The summed E-state index contributed by atoms with van der Waals surface area (Å²) < 4.78 is 13.5. The van der Waals surface area contributed by atoms with Gasteiger partial charge >= 0.3 is 0 Å². The van der Waals surface area contributed by atoms with Crippen molar-refractivity contribution in [3.63, 3.8) is 0 Å². The summed E-state index contributed by atoms with van der Waals surface area (Å²) in [5.41, 5.74) is 1.56. The topological polar surface area (TPSA) is 71.1 Å². The van der Waals surface area contributed by atoms with E-state index in [0.717, 1.165) is 12.8 Å². The number of amides is 2. The molecule has 0 saturated heterocycles. The van der Waals surface area contributed by atoms with Crippen LogP contribution in [0.5, 0.6) is 0 Å². The Morgan fingerprint density at radius 3 is 2.75 bits per heavy atom. The molecule has 1 aliphatic carbocycles. The highest BCUT2D eigenvalue weighted by molar-refractivity contribution is 7.13. The Labute approximate surface area is 143 Å². The van der Waals surface area contributed by atoms with Gasteiger partial charge in [-0.3, -0.25) is 9.59 Å². The van der Waals surface area contributed by atoms with Crippen LogP contribution in [0.25, 0.3) is 0 Å². The monoisotopic (exact) mass is 347 g/mol. The van der Waals surface area contributed by atoms with Crippen LogP contribution in [0.2, 0.25) is 0 Å². The van der Waals surface area contributed by atoms with Crippen LogP contribution in [0, 0.1) is 19.7 Å². The molecule has 1 aliphatic rings. The van der Waals surface area contributed by atoms with Crippen LogP contribution in [-0.2, 0) is 11.2 Å². The van der Waals surface area contributed by atoms with E-state index in [0.29, 0.717) is 26.8 Å². The summed E-state index contributed by atoms with van der Waals surface area (Å²) >= 11 is 1.22. The first-order chi connectivity index (χ1) is 11.4. The third-order valence-electron chi connectivity index (χ3n) is 3.73. The second-order valence-electron chi connectivity index (χ2n) is 5.96. The van der Waals surface area contributed by atoms with Gasteiger partial charge in [0.25, 0.3) is 5.91 Å². The zero-order chi connectivity index (χ0) is 17.3. The minimum Gasteiger partial charge on any atom is -0.349 e. The fraction of sp³-hybridized carbons (Fsp3) is 0.353. The number of nitrogens with zero attached hydrogens (tertiary/aromatic N) is 1. The lowest BCUT2D eigenvalue weighted by molar-refractivity contribution is -0.115. The molecule has 1 aromatic heterocycles. The van der Waals surface area contributed by atoms with Crippen LogP contribution in [0.15, 0.2) is 18.2 Å². The number of hydrogen-bond acceptors (Lipinski definition) is 4. The smallest absolute Gasteiger partial charge is 0.263 e. The van der Waals surface area contributed by atoms with Crippen molar-refractivity contribution >= 4 is 28.8 Å². The Morgan fingerprint density at radius 1 is 1.33 bits per heavy atom. The number of carbonyl (C=O) groups excluding carboxylic acids is 2. The standard InChI is InChI=1S/C17H18FN3O2S/c1-9-3-4-12(7-13(9)18)20-14(22)8-15-19-10(2)16(24-15)17(23)21-11-5-6-11/h3-4,7,11H,5-6,8H2,1-2H3,(H,20,22)(H,21,23). The molecule has 0 spiro atoms. The summed E-state index contributed by atoms with van der Waals surface area (Å²) in [6.45, 7) is 3.42. The molecule has 0 unspecified atom stereocenters. The predicted molar refractivity (Wildman–Crippen MR) is 90.8 cm³/mol. The zero-order valence-corrected chi connectivity index (χ0v) is 14.3. The summed E-state index contributed by atoms with van der Waals surface area (Å²) in [6.07, 6.45) is 2.09. The molecular weight excluding hydrogens is 329 g/mol. The minimum absolute atomic E-state index is 0.0533. The number of aromatic nitrogens is 1. The second-order valence-corrected chi connectivity index (χ2v) is 7.04. The third kappa shape index (κ3) is 3.97. The van der Waals surface area contributed by atoms with Gasteiger partial charge in [-0.1, -0.05) is 6.07 Å². The van der Waals surface area contributed by atoms with Crippen LogP contribution < -0.4 is 10.6 Å². The first-order valence-electron chi connectivity index (χ1n) is 7.75. The maximum absolute atomic E-state index is 13.5. The highest BCUT2D eigenvalue weighted by Crippen LogP contribution is 2.23. The van der Waals surface area contributed by atoms with Crippen molar-refractivity contribution in [2.75, 3.05) is 5.32 Å². The Balaban J connectivity index is 1.63. The molecular formula is C17H18FN3O2S. The van der Waals surface area contributed by atoms with Gasteiger partial charge < -0.3 is 10.6 Å². The molecule has 24 heavy (non-hydrogen) atoms. The molecule has 2 N–H and O–H groups in total. The van der Waals surface area contributed by atoms with E-state index < -0.39 is 0 Å². The number of anilines is 1. The molecule has 1 aromatic carbocycles. The van der Waals surface area contributed by atoms with Crippen molar-refractivity contribution in [3.8, 4) is 0 Å². The molecule has 0 bridgehead atoms. The van der Waals surface area contributed by atoms with Crippen LogP contribution >= 0.6 is 11.3 Å². The van der Waals surface area contributed by atoms with Gasteiger partial charge in [-0.25, -0.2) is 9.37 Å². The average molecular weight is 347 g/mol. The number of hydrogen-bond donors (Lipinski definition) is 2. The summed E-state index contributed by atoms with van der Waals surface area (Å²) in [6, 6.07) is 4.83. The fourth-order valence-corrected chi connectivity index (χ4v) is 3.20. The number of carbonyl (C=O) groups is 2. The Hall–Kier alpha value is -2.28. The lowest BCUT2D eigenvalue weighted by Gasteiger charge is -2.05. The van der Waals surface area contributed by atoms with Gasteiger partial charge in [0.15, 0.2) is 0 Å². The quantitative estimate of drug-likeness (QED) is 0.873. The first kappa shape index (κ1) is 16.6. The number of nitrogens with one attached hydrogen (secondary N) is 2. The number of thiazole rings is 1. The molecule has 7 heteroatoms. The Morgan fingerprint density at radius 2 is 2.08 bits per heavy atom. The lowest BCUT2D eigenvalue weighted by atomic mass is 10.2. The SMILES string of the molecule is Cc1ccc(NC(=O)Cc2nc(C)c(C(=O)NC3CC3)s2)cc1F. The van der Waals surface area contributed by atoms with Crippen molar-refractivity contribution in [2.45, 2.75) is 39.2 Å². The van der Waals surface area contributed by atoms with Gasteiger partial charge in [-0.2, -0.15) is 0 Å². The summed E-state index contributed by atoms with van der Waals surface area (Å²) in [5, 5.41) is 6.13. The summed E-state index contributed by atoms with van der Waals surface area (Å²) in [7, 11) is 0. The van der Waals surface area contributed by atoms with E-state index in [4.69, 9.17) is 0 Å². The maximum Gasteiger partial charge on any atom is 0.263 e. The van der Waals surface area contributed by atoms with Gasteiger partial charge in [0, 0.05) is 11.7 Å². The van der Waals surface area contributed by atoms with E-state index >= 15 is 0 Å². The largest absolute Gasteiger partial charge is 0.349 e. The Kier molecular flexibility index (Phi) is 4.62. The van der Waals surface area contributed by atoms with E-state index in [-0.39, 0.29) is 30.1 Å². The molecule has 3 rings (SSSR count). The molecule has 0 aliphatic heterocycles. The van der Waals surface area contributed by atoms with Gasteiger partial charge in [0.2, 0.25) is 5.91 Å². The molecule has 0 radical (unpaired) electrons. The molecule has 1 heterocycles. The van der Waals surface area contributed by atoms with Crippen molar-refractivity contribution in [3.05, 3.63) is 45.2 Å². The molecule has 1 saturated carbocycles. The van der Waals surface area contributed by atoms with E-state index in [2.05, 4.69) is 15.6 Å². The van der Waals surface area contributed by atoms with Crippen LogP contribution in [0.4, 0.5) is 10.1 Å². The van der Waals surface area contributed by atoms with Gasteiger partial charge in [0.1, 0.15) is 15.7 Å². The van der Waals surface area contributed by atoms with Crippen LogP contribution in [0.1, 0.15) is 38.8 Å². The van der Waals surface area contributed by atoms with Crippen LogP contribution in [-0.4, -0.2) is 22.8 Å². The molecule has 2 amide bonds. The van der Waals surface area contributed by atoms with Crippen molar-refractivity contribution in [1.82, 2.24) is 10.3 Å².